The zero-order valence-corrected chi connectivity index (χ0v) is 12.0. The first kappa shape index (κ1) is 13.4. The molecule has 2 saturated carbocycles. The van der Waals surface area contributed by atoms with Crippen LogP contribution in [0.25, 0.3) is 0 Å². The fraction of sp³-hybridized carbons (Fsp3) is 1.00. The summed E-state index contributed by atoms with van der Waals surface area (Å²) in [7, 11) is 0. The van der Waals surface area contributed by atoms with E-state index >= 15 is 0 Å². The van der Waals surface area contributed by atoms with Crippen molar-refractivity contribution in [3.05, 3.63) is 0 Å². The highest BCUT2D eigenvalue weighted by atomic mass is 14.8. The van der Waals surface area contributed by atoms with Crippen LogP contribution in [0.15, 0.2) is 0 Å². The Bertz CT molecular complexity index is 250. The summed E-state index contributed by atoms with van der Waals surface area (Å²) in [6.45, 7) is 7.20. The molecule has 1 heteroatoms. The summed E-state index contributed by atoms with van der Waals surface area (Å²) in [6.07, 6.45) is 11.0. The van der Waals surface area contributed by atoms with Gasteiger partial charge in [-0.25, -0.2) is 0 Å². The molecule has 100 valence electrons. The van der Waals surface area contributed by atoms with Gasteiger partial charge in [-0.15, -0.1) is 0 Å². The van der Waals surface area contributed by atoms with Crippen molar-refractivity contribution in [2.75, 3.05) is 0 Å². The first-order valence-electron chi connectivity index (χ1n) is 7.88. The maximum absolute atomic E-state index is 6.93. The molecule has 2 aliphatic carbocycles. The Morgan fingerprint density at radius 2 is 1.76 bits per heavy atom. The van der Waals surface area contributed by atoms with Gasteiger partial charge in [-0.05, 0) is 36.5 Å². The summed E-state index contributed by atoms with van der Waals surface area (Å²) < 4.78 is 0. The Labute approximate surface area is 108 Å². The summed E-state index contributed by atoms with van der Waals surface area (Å²) in [5.74, 6) is 3.25. The van der Waals surface area contributed by atoms with Gasteiger partial charge < -0.3 is 5.73 Å². The molecule has 0 aromatic rings. The monoisotopic (exact) mass is 237 g/mol. The molecule has 5 unspecified atom stereocenters. The smallest absolute Gasteiger partial charge is 0.0214 e. The summed E-state index contributed by atoms with van der Waals surface area (Å²) in [5, 5.41) is 0. The number of hydrogen-bond donors (Lipinski definition) is 1. The lowest BCUT2D eigenvalue weighted by Gasteiger charge is -2.52. The van der Waals surface area contributed by atoms with Gasteiger partial charge in [-0.1, -0.05) is 59.3 Å². The lowest BCUT2D eigenvalue weighted by Crippen LogP contribution is -2.58. The molecule has 2 fully saturated rings. The predicted molar refractivity (Wildman–Crippen MR) is 74.8 cm³/mol. The minimum atomic E-state index is 0.152. The van der Waals surface area contributed by atoms with Crippen LogP contribution >= 0.6 is 0 Å². The molecule has 0 aliphatic heterocycles. The lowest BCUT2D eigenvalue weighted by atomic mass is 9.57. The minimum Gasteiger partial charge on any atom is -0.325 e. The van der Waals surface area contributed by atoms with Crippen LogP contribution in [0.5, 0.6) is 0 Å². The van der Waals surface area contributed by atoms with Gasteiger partial charge in [0.15, 0.2) is 0 Å². The van der Waals surface area contributed by atoms with Crippen molar-refractivity contribution in [3.8, 4) is 0 Å². The average molecular weight is 237 g/mol. The van der Waals surface area contributed by atoms with Gasteiger partial charge in [-0.3, -0.25) is 0 Å². The normalized spacial score (nSPS) is 48.0. The van der Waals surface area contributed by atoms with Gasteiger partial charge in [0.2, 0.25) is 0 Å². The average Bonchev–Trinajstić information content (AvgIpc) is 2.36. The summed E-state index contributed by atoms with van der Waals surface area (Å²) >= 11 is 0. The molecular formula is C16H31N. The zero-order chi connectivity index (χ0) is 12.5. The standard InChI is InChI=1S/C16H31N/c1-4-14-9-5-6-10-15(14)16(17)11-7-8-12(2)13(16)3/h12-15H,4-11,17H2,1-3H3. The van der Waals surface area contributed by atoms with Crippen LogP contribution in [-0.2, 0) is 0 Å². The van der Waals surface area contributed by atoms with Crippen LogP contribution in [0, 0.1) is 23.7 Å². The Morgan fingerprint density at radius 3 is 2.47 bits per heavy atom. The van der Waals surface area contributed by atoms with Gasteiger partial charge >= 0.3 is 0 Å². The number of nitrogens with two attached hydrogens (primary N) is 1. The Morgan fingerprint density at radius 1 is 1.06 bits per heavy atom. The fourth-order valence-corrected chi connectivity index (χ4v) is 4.66. The van der Waals surface area contributed by atoms with E-state index in [0.717, 1.165) is 17.8 Å². The van der Waals surface area contributed by atoms with E-state index in [-0.39, 0.29) is 5.54 Å². The van der Waals surface area contributed by atoms with Crippen LogP contribution in [0.2, 0.25) is 0 Å². The third-order valence-electron chi connectivity index (χ3n) is 6.09. The van der Waals surface area contributed by atoms with Gasteiger partial charge in [0, 0.05) is 5.54 Å². The minimum absolute atomic E-state index is 0.152. The molecule has 0 heterocycles. The second-order valence-corrected chi connectivity index (χ2v) is 6.83. The first-order chi connectivity index (χ1) is 8.09. The number of rotatable bonds is 2. The van der Waals surface area contributed by atoms with E-state index in [1.807, 2.05) is 0 Å². The first-order valence-corrected chi connectivity index (χ1v) is 7.88. The van der Waals surface area contributed by atoms with Gasteiger partial charge in [0.1, 0.15) is 0 Å². The molecule has 0 aromatic carbocycles. The van der Waals surface area contributed by atoms with Crippen molar-refractivity contribution in [1.29, 1.82) is 0 Å². The van der Waals surface area contributed by atoms with Gasteiger partial charge in [-0.2, -0.15) is 0 Å². The third kappa shape index (κ3) is 2.41. The summed E-state index contributed by atoms with van der Waals surface area (Å²) in [4.78, 5) is 0. The summed E-state index contributed by atoms with van der Waals surface area (Å²) in [5.41, 5.74) is 7.09. The van der Waals surface area contributed by atoms with Crippen LogP contribution in [0.4, 0.5) is 0 Å². The van der Waals surface area contributed by atoms with Crippen LogP contribution < -0.4 is 5.73 Å². The van der Waals surface area contributed by atoms with E-state index < -0.39 is 0 Å². The van der Waals surface area contributed by atoms with Crippen molar-refractivity contribution < 1.29 is 0 Å². The lowest BCUT2D eigenvalue weighted by molar-refractivity contribution is 0.0301. The predicted octanol–water partition coefficient (Wildman–Crippen LogP) is 4.36. The molecule has 0 spiro atoms. The van der Waals surface area contributed by atoms with Gasteiger partial charge in [0.05, 0.1) is 0 Å². The molecule has 17 heavy (non-hydrogen) atoms. The topological polar surface area (TPSA) is 26.0 Å². The highest BCUT2D eigenvalue weighted by molar-refractivity contribution is 5.02. The molecular weight excluding hydrogens is 206 g/mol. The molecule has 2 rings (SSSR count). The van der Waals surface area contributed by atoms with Crippen molar-refractivity contribution in [2.45, 2.75) is 77.7 Å². The third-order valence-corrected chi connectivity index (χ3v) is 6.09. The molecule has 0 saturated heterocycles. The number of hydrogen-bond acceptors (Lipinski definition) is 1. The Hall–Kier alpha value is -0.0400. The van der Waals surface area contributed by atoms with Gasteiger partial charge in [0.25, 0.3) is 0 Å². The molecule has 0 bridgehead atoms. The van der Waals surface area contributed by atoms with Crippen LogP contribution in [0.3, 0.4) is 0 Å². The molecule has 2 aliphatic rings. The van der Waals surface area contributed by atoms with Crippen molar-refractivity contribution in [1.82, 2.24) is 0 Å². The zero-order valence-electron chi connectivity index (χ0n) is 12.0. The quantitative estimate of drug-likeness (QED) is 0.759. The van der Waals surface area contributed by atoms with Crippen LogP contribution in [-0.4, -0.2) is 5.54 Å². The Balaban J connectivity index is 2.16. The highest BCUT2D eigenvalue weighted by Gasteiger charge is 2.46. The highest BCUT2D eigenvalue weighted by Crippen LogP contribution is 2.48. The molecule has 5 atom stereocenters. The van der Waals surface area contributed by atoms with E-state index in [1.165, 1.54) is 51.4 Å². The SMILES string of the molecule is CCC1CCCCC1C1(N)CCCC(C)C1C. The molecule has 1 nitrogen and oxygen atoms in total. The molecule has 2 N–H and O–H groups in total. The molecule has 0 aromatic heterocycles. The van der Waals surface area contributed by atoms with E-state index in [1.54, 1.807) is 0 Å². The van der Waals surface area contributed by atoms with Crippen molar-refractivity contribution >= 4 is 0 Å². The fourth-order valence-electron chi connectivity index (χ4n) is 4.66. The van der Waals surface area contributed by atoms with E-state index in [9.17, 15) is 0 Å². The van der Waals surface area contributed by atoms with E-state index in [2.05, 4.69) is 20.8 Å². The van der Waals surface area contributed by atoms with Crippen LogP contribution in [0.1, 0.15) is 72.1 Å². The largest absolute Gasteiger partial charge is 0.325 e. The maximum atomic E-state index is 6.93. The second-order valence-electron chi connectivity index (χ2n) is 6.83. The molecule has 0 radical (unpaired) electrons. The summed E-state index contributed by atoms with van der Waals surface area (Å²) in [6, 6.07) is 0. The molecule has 0 amide bonds. The van der Waals surface area contributed by atoms with E-state index in [4.69, 9.17) is 5.73 Å². The van der Waals surface area contributed by atoms with Crippen molar-refractivity contribution in [2.24, 2.45) is 29.4 Å². The Kier molecular flexibility index (Phi) is 4.18. The second kappa shape index (κ2) is 5.30. The van der Waals surface area contributed by atoms with E-state index in [0.29, 0.717) is 5.92 Å². The maximum Gasteiger partial charge on any atom is 0.0214 e. The van der Waals surface area contributed by atoms with Crippen molar-refractivity contribution in [3.63, 3.8) is 0 Å².